The van der Waals surface area contributed by atoms with E-state index in [1.165, 1.54) is 0 Å². The van der Waals surface area contributed by atoms with E-state index in [2.05, 4.69) is 24.1 Å². The molecule has 1 atom stereocenters. The maximum Gasteiger partial charge on any atom is 0.421 e. The van der Waals surface area contributed by atoms with E-state index in [1.54, 1.807) is 22.9 Å². The molecule has 1 unspecified atom stereocenters. The second-order valence-electron chi connectivity index (χ2n) is 5.05. The number of rotatable bonds is 8. The molecule has 2 rings (SSSR count). The molecular formula is C15H23N3O2. The first kappa shape index (κ1) is 14.8. The molecule has 0 fully saturated rings. The Morgan fingerprint density at radius 1 is 1.45 bits per heavy atom. The number of nitrogens with zero attached hydrogens (tertiary/aromatic N) is 2. The quantitative estimate of drug-likeness (QED) is 0.805. The maximum absolute atomic E-state index is 11.8. The van der Waals surface area contributed by atoms with E-state index < -0.39 is 0 Å². The number of hydrogen-bond acceptors (Lipinski definition) is 4. The number of aromatic nitrogens is 2. The van der Waals surface area contributed by atoms with Crippen LogP contribution in [0.25, 0.3) is 11.2 Å². The molecule has 0 radical (unpaired) electrons. The smallest absolute Gasteiger partial charge is 0.406 e. The van der Waals surface area contributed by atoms with Crippen molar-refractivity contribution in [2.24, 2.45) is 0 Å². The second kappa shape index (κ2) is 7.24. The minimum atomic E-state index is -0.312. The lowest BCUT2D eigenvalue weighted by Crippen LogP contribution is -2.29. The molecule has 5 heteroatoms. The largest absolute Gasteiger partial charge is 0.421 e. The monoisotopic (exact) mass is 277 g/mol. The molecule has 20 heavy (non-hydrogen) atoms. The fraction of sp³-hybridized carbons (Fsp3) is 0.600. The van der Waals surface area contributed by atoms with Crippen molar-refractivity contribution in [1.82, 2.24) is 14.9 Å². The predicted octanol–water partition coefficient (Wildman–Crippen LogP) is 2.55. The molecule has 0 aliphatic heterocycles. The first-order valence-electron chi connectivity index (χ1n) is 7.44. The lowest BCUT2D eigenvalue weighted by atomic mass is 10.1. The Hall–Kier alpha value is -1.62. The molecule has 110 valence electrons. The Morgan fingerprint density at radius 2 is 2.30 bits per heavy atom. The van der Waals surface area contributed by atoms with Crippen LogP contribution in [0.15, 0.2) is 27.5 Å². The third kappa shape index (κ3) is 3.48. The molecule has 0 aliphatic carbocycles. The molecular weight excluding hydrogens is 254 g/mol. The van der Waals surface area contributed by atoms with Gasteiger partial charge in [-0.15, -0.1) is 0 Å². The Kier molecular flexibility index (Phi) is 5.35. The second-order valence-corrected chi connectivity index (χ2v) is 5.05. The molecule has 0 saturated heterocycles. The van der Waals surface area contributed by atoms with Gasteiger partial charge in [-0.1, -0.05) is 13.8 Å². The molecule has 1 N–H and O–H groups in total. The fourth-order valence-electron chi connectivity index (χ4n) is 2.39. The van der Waals surface area contributed by atoms with E-state index in [1.807, 2.05) is 0 Å². The number of hydrogen-bond donors (Lipinski definition) is 1. The molecule has 0 aliphatic rings. The van der Waals surface area contributed by atoms with Gasteiger partial charge in [0.1, 0.15) is 0 Å². The Labute approximate surface area is 119 Å². The lowest BCUT2D eigenvalue weighted by molar-refractivity contribution is 0.428. The van der Waals surface area contributed by atoms with Crippen molar-refractivity contribution < 1.29 is 4.42 Å². The number of oxazole rings is 1. The van der Waals surface area contributed by atoms with Gasteiger partial charge in [0.2, 0.25) is 0 Å². The molecule has 2 heterocycles. The highest BCUT2D eigenvalue weighted by Gasteiger charge is 2.10. The molecule has 0 spiro atoms. The van der Waals surface area contributed by atoms with Crippen LogP contribution in [0.1, 0.15) is 39.5 Å². The number of aryl methyl sites for hydroxylation is 1. The van der Waals surface area contributed by atoms with Crippen LogP contribution in [0.3, 0.4) is 0 Å². The minimum absolute atomic E-state index is 0.312. The van der Waals surface area contributed by atoms with Crippen LogP contribution >= 0.6 is 0 Å². The fourth-order valence-corrected chi connectivity index (χ4v) is 2.39. The van der Waals surface area contributed by atoms with Crippen LogP contribution < -0.4 is 11.1 Å². The summed E-state index contributed by atoms with van der Waals surface area (Å²) < 4.78 is 6.80. The standard InChI is InChI=1S/C15H23N3O2/c1-3-9-16-12(4-2)7-6-11-18-14-13(20-15(18)19)8-5-10-17-14/h5,8,10,12,16H,3-4,6-7,9,11H2,1-2H3. The molecule has 0 bridgehead atoms. The lowest BCUT2D eigenvalue weighted by Gasteiger charge is -2.16. The summed E-state index contributed by atoms with van der Waals surface area (Å²) >= 11 is 0. The Bertz CT molecular complexity index is 588. The zero-order valence-electron chi connectivity index (χ0n) is 12.3. The van der Waals surface area contributed by atoms with Gasteiger partial charge in [-0.3, -0.25) is 4.57 Å². The molecule has 5 nitrogen and oxygen atoms in total. The average molecular weight is 277 g/mol. The van der Waals surface area contributed by atoms with Gasteiger partial charge in [-0.05, 0) is 44.4 Å². The van der Waals surface area contributed by atoms with Gasteiger partial charge in [-0.2, -0.15) is 0 Å². The topological polar surface area (TPSA) is 60.1 Å². The van der Waals surface area contributed by atoms with Crippen molar-refractivity contribution in [3.63, 3.8) is 0 Å². The van der Waals surface area contributed by atoms with Gasteiger partial charge >= 0.3 is 5.76 Å². The van der Waals surface area contributed by atoms with Crippen molar-refractivity contribution in [1.29, 1.82) is 0 Å². The Balaban J connectivity index is 1.95. The zero-order chi connectivity index (χ0) is 14.4. The van der Waals surface area contributed by atoms with Crippen LogP contribution in [-0.4, -0.2) is 22.1 Å². The summed E-state index contributed by atoms with van der Waals surface area (Å²) in [6, 6.07) is 4.08. The normalized spacial score (nSPS) is 12.9. The number of fused-ring (bicyclic) bond motifs is 1. The van der Waals surface area contributed by atoms with Gasteiger partial charge in [0.15, 0.2) is 11.2 Å². The van der Waals surface area contributed by atoms with Crippen LogP contribution in [0.2, 0.25) is 0 Å². The van der Waals surface area contributed by atoms with E-state index >= 15 is 0 Å². The molecule has 0 aromatic carbocycles. The van der Waals surface area contributed by atoms with Gasteiger partial charge in [-0.25, -0.2) is 9.78 Å². The summed E-state index contributed by atoms with van der Waals surface area (Å²) in [5.74, 6) is -0.312. The molecule has 2 aromatic heterocycles. The summed E-state index contributed by atoms with van der Waals surface area (Å²) in [6.45, 7) is 6.07. The van der Waals surface area contributed by atoms with Crippen molar-refractivity contribution in [3.05, 3.63) is 28.9 Å². The van der Waals surface area contributed by atoms with E-state index in [0.29, 0.717) is 23.8 Å². The minimum Gasteiger partial charge on any atom is -0.406 e. The predicted molar refractivity (Wildman–Crippen MR) is 79.9 cm³/mol. The van der Waals surface area contributed by atoms with E-state index in [0.717, 1.165) is 32.2 Å². The van der Waals surface area contributed by atoms with Crippen LogP contribution in [0.4, 0.5) is 0 Å². The van der Waals surface area contributed by atoms with Crippen LogP contribution in [0.5, 0.6) is 0 Å². The first-order chi connectivity index (χ1) is 9.76. The van der Waals surface area contributed by atoms with Crippen LogP contribution in [0, 0.1) is 0 Å². The van der Waals surface area contributed by atoms with E-state index in [4.69, 9.17) is 4.42 Å². The Morgan fingerprint density at radius 3 is 3.05 bits per heavy atom. The highest BCUT2D eigenvalue weighted by molar-refractivity contribution is 5.67. The van der Waals surface area contributed by atoms with Crippen molar-refractivity contribution in [3.8, 4) is 0 Å². The summed E-state index contributed by atoms with van der Waals surface area (Å²) in [4.78, 5) is 16.0. The summed E-state index contributed by atoms with van der Waals surface area (Å²) in [5.41, 5.74) is 1.21. The van der Waals surface area contributed by atoms with Crippen molar-refractivity contribution >= 4 is 11.2 Å². The highest BCUT2D eigenvalue weighted by Crippen LogP contribution is 2.10. The van der Waals surface area contributed by atoms with Gasteiger partial charge in [0, 0.05) is 18.8 Å². The van der Waals surface area contributed by atoms with Crippen molar-refractivity contribution in [2.45, 2.75) is 52.1 Å². The number of pyridine rings is 1. The van der Waals surface area contributed by atoms with E-state index in [9.17, 15) is 4.79 Å². The average Bonchev–Trinajstić information content (AvgIpc) is 2.78. The summed E-state index contributed by atoms with van der Waals surface area (Å²) in [5, 5.41) is 3.52. The SMILES string of the molecule is CCCNC(CC)CCCn1c(=O)oc2cccnc21. The first-order valence-corrected chi connectivity index (χ1v) is 7.44. The third-order valence-corrected chi connectivity index (χ3v) is 3.53. The molecule has 0 amide bonds. The maximum atomic E-state index is 11.8. The van der Waals surface area contributed by atoms with Gasteiger partial charge < -0.3 is 9.73 Å². The van der Waals surface area contributed by atoms with Gasteiger partial charge in [0.25, 0.3) is 0 Å². The summed E-state index contributed by atoms with van der Waals surface area (Å²) in [6.07, 6.45) is 5.94. The van der Waals surface area contributed by atoms with E-state index in [-0.39, 0.29) is 5.76 Å². The zero-order valence-corrected chi connectivity index (χ0v) is 12.3. The van der Waals surface area contributed by atoms with Gasteiger partial charge in [0.05, 0.1) is 0 Å². The highest BCUT2D eigenvalue weighted by atomic mass is 16.4. The van der Waals surface area contributed by atoms with Crippen molar-refractivity contribution in [2.75, 3.05) is 6.54 Å². The molecule has 2 aromatic rings. The van der Waals surface area contributed by atoms with Crippen LogP contribution in [-0.2, 0) is 6.54 Å². The third-order valence-electron chi connectivity index (χ3n) is 3.53. The molecule has 0 saturated carbocycles. The summed E-state index contributed by atoms with van der Waals surface area (Å²) in [7, 11) is 0. The number of nitrogens with one attached hydrogen (secondary N) is 1.